The minimum absolute atomic E-state index is 0.0203. The van der Waals surface area contributed by atoms with Crippen LogP contribution in [-0.4, -0.2) is 32.0 Å². The normalized spacial score (nSPS) is 12.1. The van der Waals surface area contributed by atoms with E-state index in [0.29, 0.717) is 31.4 Å². The third-order valence-electron chi connectivity index (χ3n) is 6.21. The number of hydrogen-bond acceptors (Lipinski definition) is 4. The highest BCUT2D eigenvalue weighted by Gasteiger charge is 2.17. The van der Waals surface area contributed by atoms with Gasteiger partial charge in [-0.05, 0) is 50.8 Å². The summed E-state index contributed by atoms with van der Waals surface area (Å²) in [4.78, 5) is 25.4. The Morgan fingerprint density at radius 3 is 2.41 bits per heavy atom. The second-order valence-corrected chi connectivity index (χ2v) is 8.89. The van der Waals surface area contributed by atoms with Crippen molar-refractivity contribution in [3.05, 3.63) is 87.5 Å². The SMILES string of the molecule is Cc1ccc(-n2nc3c(=O)n(CCCC(=O)NC[C@H](C)c4ccccc4)nc(C)c3c2C)cc1. The average molecular weight is 458 g/mol. The number of amides is 1. The van der Waals surface area contributed by atoms with Gasteiger partial charge < -0.3 is 5.32 Å². The first-order valence-corrected chi connectivity index (χ1v) is 11.7. The molecule has 0 aliphatic carbocycles. The molecule has 2 aromatic heterocycles. The molecule has 176 valence electrons. The molecule has 0 saturated heterocycles. The lowest BCUT2D eigenvalue weighted by atomic mass is 10.0. The van der Waals surface area contributed by atoms with Gasteiger partial charge in [-0.2, -0.15) is 10.2 Å². The van der Waals surface area contributed by atoms with Crippen LogP contribution in [0.3, 0.4) is 0 Å². The smallest absolute Gasteiger partial charge is 0.295 e. The molecule has 34 heavy (non-hydrogen) atoms. The summed E-state index contributed by atoms with van der Waals surface area (Å²) >= 11 is 0. The molecular weight excluding hydrogens is 426 g/mol. The zero-order chi connectivity index (χ0) is 24.2. The first kappa shape index (κ1) is 23.4. The molecule has 1 atom stereocenters. The number of hydrogen-bond donors (Lipinski definition) is 1. The first-order chi connectivity index (χ1) is 16.3. The standard InChI is InChI=1S/C27H31N5O2/c1-18-12-14-23(15-13-18)32-21(4)25-20(3)29-31(27(34)26(25)30-32)16-8-11-24(33)28-17-19(2)22-9-6-5-7-10-22/h5-7,9-10,12-15,19H,8,11,16-17H2,1-4H3,(H,28,33)/t19-/m0/s1. The summed E-state index contributed by atoms with van der Waals surface area (Å²) in [6, 6.07) is 18.2. The summed E-state index contributed by atoms with van der Waals surface area (Å²) in [5, 5.41) is 12.9. The minimum atomic E-state index is -0.229. The van der Waals surface area contributed by atoms with E-state index in [1.54, 1.807) is 4.68 Å². The summed E-state index contributed by atoms with van der Waals surface area (Å²) < 4.78 is 3.23. The van der Waals surface area contributed by atoms with E-state index in [-0.39, 0.29) is 17.4 Å². The van der Waals surface area contributed by atoms with Crippen molar-refractivity contribution in [3.63, 3.8) is 0 Å². The molecule has 0 radical (unpaired) electrons. The summed E-state index contributed by atoms with van der Waals surface area (Å²) in [6.07, 6.45) is 0.866. The summed E-state index contributed by atoms with van der Waals surface area (Å²) in [7, 11) is 0. The highest BCUT2D eigenvalue weighted by molar-refractivity contribution is 5.83. The maximum Gasteiger partial charge on any atom is 0.295 e. The van der Waals surface area contributed by atoms with Gasteiger partial charge in [0.1, 0.15) is 0 Å². The van der Waals surface area contributed by atoms with Crippen molar-refractivity contribution in [2.24, 2.45) is 0 Å². The third kappa shape index (κ3) is 4.93. The molecule has 7 heteroatoms. The molecule has 4 aromatic rings. The Labute approximate surface area is 199 Å². The first-order valence-electron chi connectivity index (χ1n) is 11.7. The van der Waals surface area contributed by atoms with Crippen molar-refractivity contribution >= 4 is 16.8 Å². The monoisotopic (exact) mass is 457 g/mol. The van der Waals surface area contributed by atoms with Gasteiger partial charge in [-0.25, -0.2) is 9.36 Å². The lowest BCUT2D eigenvalue weighted by Crippen LogP contribution is -2.28. The van der Waals surface area contributed by atoms with Crippen LogP contribution in [0.2, 0.25) is 0 Å². The number of nitrogens with zero attached hydrogens (tertiary/aromatic N) is 4. The fraction of sp³-hybridized carbons (Fsp3) is 0.333. The number of aryl methyl sites for hydroxylation is 4. The van der Waals surface area contributed by atoms with E-state index in [2.05, 4.69) is 34.6 Å². The van der Waals surface area contributed by atoms with Crippen molar-refractivity contribution in [3.8, 4) is 5.69 Å². The number of nitrogens with one attached hydrogen (secondary N) is 1. The third-order valence-corrected chi connectivity index (χ3v) is 6.21. The van der Waals surface area contributed by atoms with Crippen LogP contribution in [0.1, 0.15) is 48.2 Å². The molecule has 1 amide bonds. The number of aromatic nitrogens is 4. The topological polar surface area (TPSA) is 81.8 Å². The fourth-order valence-electron chi connectivity index (χ4n) is 4.22. The predicted octanol–water partition coefficient (Wildman–Crippen LogP) is 4.21. The zero-order valence-electron chi connectivity index (χ0n) is 20.2. The largest absolute Gasteiger partial charge is 0.356 e. The number of carbonyl (C=O) groups excluding carboxylic acids is 1. The maximum absolute atomic E-state index is 13.1. The Hall–Kier alpha value is -3.74. The van der Waals surface area contributed by atoms with Crippen LogP contribution in [0.25, 0.3) is 16.6 Å². The Kier molecular flexibility index (Phi) is 6.91. The van der Waals surface area contributed by atoms with E-state index < -0.39 is 0 Å². The minimum Gasteiger partial charge on any atom is -0.356 e. The highest BCUT2D eigenvalue weighted by atomic mass is 16.1. The van der Waals surface area contributed by atoms with Crippen LogP contribution in [0.5, 0.6) is 0 Å². The van der Waals surface area contributed by atoms with E-state index in [1.807, 2.05) is 63.2 Å². The van der Waals surface area contributed by atoms with Gasteiger partial charge in [0.25, 0.3) is 5.56 Å². The van der Waals surface area contributed by atoms with E-state index in [9.17, 15) is 9.59 Å². The van der Waals surface area contributed by atoms with Gasteiger partial charge in [-0.3, -0.25) is 9.59 Å². The predicted molar refractivity (Wildman–Crippen MR) is 134 cm³/mol. The van der Waals surface area contributed by atoms with E-state index >= 15 is 0 Å². The van der Waals surface area contributed by atoms with Gasteiger partial charge in [0.2, 0.25) is 5.91 Å². The molecule has 2 heterocycles. The maximum atomic E-state index is 13.1. The molecule has 7 nitrogen and oxygen atoms in total. The van der Waals surface area contributed by atoms with Crippen LogP contribution >= 0.6 is 0 Å². The van der Waals surface area contributed by atoms with Gasteiger partial charge in [-0.15, -0.1) is 0 Å². The van der Waals surface area contributed by atoms with Crippen molar-refractivity contribution in [1.29, 1.82) is 0 Å². The second-order valence-electron chi connectivity index (χ2n) is 8.89. The molecule has 0 aliphatic heterocycles. The van der Waals surface area contributed by atoms with Crippen LogP contribution in [0.15, 0.2) is 59.4 Å². The molecule has 0 spiro atoms. The van der Waals surface area contributed by atoms with Crippen molar-refractivity contribution in [2.75, 3.05) is 6.54 Å². The zero-order valence-corrected chi connectivity index (χ0v) is 20.2. The molecule has 4 rings (SSSR count). The quantitative estimate of drug-likeness (QED) is 0.430. The lowest BCUT2D eigenvalue weighted by molar-refractivity contribution is -0.121. The van der Waals surface area contributed by atoms with Crippen LogP contribution in [-0.2, 0) is 11.3 Å². The Balaban J connectivity index is 1.42. The molecule has 0 saturated carbocycles. The molecular formula is C27H31N5O2. The molecule has 0 unspecified atom stereocenters. The number of benzene rings is 2. The fourth-order valence-corrected chi connectivity index (χ4v) is 4.22. The number of rotatable bonds is 8. The van der Waals surface area contributed by atoms with E-state index in [4.69, 9.17) is 0 Å². The highest BCUT2D eigenvalue weighted by Crippen LogP contribution is 2.21. The Morgan fingerprint density at radius 2 is 1.71 bits per heavy atom. The lowest BCUT2D eigenvalue weighted by Gasteiger charge is -2.13. The van der Waals surface area contributed by atoms with Gasteiger partial charge in [0.15, 0.2) is 5.52 Å². The van der Waals surface area contributed by atoms with Crippen LogP contribution in [0, 0.1) is 20.8 Å². The van der Waals surface area contributed by atoms with Gasteiger partial charge in [0.05, 0.1) is 22.5 Å². The van der Waals surface area contributed by atoms with Gasteiger partial charge in [-0.1, -0.05) is 55.0 Å². The average Bonchev–Trinajstić information content (AvgIpc) is 3.19. The molecule has 0 fully saturated rings. The summed E-state index contributed by atoms with van der Waals surface area (Å²) in [6.45, 7) is 8.93. The Morgan fingerprint density at radius 1 is 1.00 bits per heavy atom. The summed E-state index contributed by atoms with van der Waals surface area (Å²) in [5.41, 5.74) is 5.09. The van der Waals surface area contributed by atoms with E-state index in [0.717, 1.165) is 28.0 Å². The number of fused-ring (bicyclic) bond motifs is 1. The van der Waals surface area contributed by atoms with Crippen molar-refractivity contribution < 1.29 is 4.79 Å². The second kappa shape index (κ2) is 10.0. The summed E-state index contributed by atoms with van der Waals surface area (Å²) in [5.74, 6) is 0.222. The van der Waals surface area contributed by atoms with Gasteiger partial charge in [0, 0.05) is 19.5 Å². The molecule has 0 aliphatic rings. The van der Waals surface area contributed by atoms with Crippen molar-refractivity contribution in [2.45, 2.75) is 53.0 Å². The van der Waals surface area contributed by atoms with Crippen molar-refractivity contribution in [1.82, 2.24) is 24.9 Å². The van der Waals surface area contributed by atoms with E-state index in [1.165, 1.54) is 10.2 Å². The van der Waals surface area contributed by atoms with Crippen LogP contribution in [0.4, 0.5) is 0 Å². The molecule has 1 N–H and O–H groups in total. The number of carbonyl (C=O) groups is 1. The molecule has 2 aromatic carbocycles. The van der Waals surface area contributed by atoms with Gasteiger partial charge >= 0.3 is 0 Å². The Bertz CT molecular complexity index is 1350. The van der Waals surface area contributed by atoms with Crippen LogP contribution < -0.4 is 10.9 Å². The molecule has 0 bridgehead atoms.